The van der Waals surface area contributed by atoms with Crippen LogP contribution >= 0.6 is 0 Å². The van der Waals surface area contributed by atoms with Gasteiger partial charge in [-0.1, -0.05) is 66.7 Å². The number of ether oxygens (including phenoxy) is 2. The van der Waals surface area contributed by atoms with E-state index in [4.69, 9.17) is 9.47 Å². The van der Waals surface area contributed by atoms with Gasteiger partial charge < -0.3 is 9.47 Å². The second-order valence-electron chi connectivity index (χ2n) is 10.8. The average molecular weight is 493 g/mol. The van der Waals surface area contributed by atoms with Gasteiger partial charge in [0.1, 0.15) is 18.0 Å². The summed E-state index contributed by atoms with van der Waals surface area (Å²) in [7, 11) is 0. The molecule has 4 aliphatic rings. The zero-order valence-corrected chi connectivity index (χ0v) is 20.5. The summed E-state index contributed by atoms with van der Waals surface area (Å²) in [6.07, 6.45) is 4.62. The number of fused-ring (bicyclic) bond motifs is 7. The number of ketones is 1. The Kier molecular flexibility index (Phi) is 5.27. The molecular weight excluding hydrogens is 464 g/mol. The molecule has 7 rings (SSSR count). The van der Waals surface area contributed by atoms with E-state index in [1.807, 2.05) is 60.7 Å². The van der Waals surface area contributed by atoms with Gasteiger partial charge in [0.25, 0.3) is 0 Å². The maximum Gasteiger partial charge on any atom is 0.339 e. The second-order valence-corrected chi connectivity index (χ2v) is 10.8. The van der Waals surface area contributed by atoms with Crippen molar-refractivity contribution in [3.8, 4) is 0 Å². The van der Waals surface area contributed by atoms with Gasteiger partial charge >= 0.3 is 11.9 Å². The molecule has 3 aromatic carbocycles. The van der Waals surface area contributed by atoms with E-state index in [0.717, 1.165) is 47.6 Å². The molecule has 5 unspecified atom stereocenters. The molecule has 5 nitrogen and oxygen atoms in total. The molecule has 0 aromatic heterocycles. The number of carbonyl (C=O) groups excluding carboxylic acids is 3. The number of esters is 2. The number of rotatable bonds is 4. The van der Waals surface area contributed by atoms with E-state index in [0.29, 0.717) is 17.6 Å². The fourth-order valence-corrected chi connectivity index (χ4v) is 7.53. The van der Waals surface area contributed by atoms with E-state index in [1.165, 1.54) is 0 Å². The minimum atomic E-state index is -0.622. The van der Waals surface area contributed by atoms with E-state index < -0.39 is 18.2 Å². The predicted octanol–water partition coefficient (Wildman–Crippen LogP) is 5.55. The second kappa shape index (κ2) is 8.69. The highest BCUT2D eigenvalue weighted by atomic mass is 16.6. The fraction of sp³-hybridized carbons (Fsp3) is 0.344. The van der Waals surface area contributed by atoms with Crippen LogP contribution in [0.3, 0.4) is 0 Å². The average Bonchev–Trinajstić information content (AvgIpc) is 3.60. The third-order valence-corrected chi connectivity index (χ3v) is 9.07. The third kappa shape index (κ3) is 3.55. The van der Waals surface area contributed by atoms with Gasteiger partial charge in [-0.2, -0.15) is 0 Å². The summed E-state index contributed by atoms with van der Waals surface area (Å²) in [6, 6.07) is 21.2. The lowest BCUT2D eigenvalue weighted by molar-refractivity contribution is -0.156. The number of hydrogen-bond donors (Lipinski definition) is 0. The highest BCUT2D eigenvalue weighted by Gasteiger charge is 2.64. The van der Waals surface area contributed by atoms with Crippen LogP contribution in [-0.4, -0.2) is 29.9 Å². The lowest BCUT2D eigenvalue weighted by Crippen LogP contribution is -2.46. The summed E-state index contributed by atoms with van der Waals surface area (Å²) in [6.45, 7) is 0. The molecule has 0 heterocycles. The van der Waals surface area contributed by atoms with Gasteiger partial charge in [0.2, 0.25) is 0 Å². The van der Waals surface area contributed by atoms with Crippen molar-refractivity contribution >= 4 is 34.1 Å². The topological polar surface area (TPSA) is 69.7 Å². The standard InChI is InChI=1S/C32H28O5/c33-27-16-15-22-25-17-26(28(22)27)30(37-32(35)24-14-6-10-19-8-2-4-12-21(19)24)29(25)36-31(34)23-13-5-9-18-7-1-3-11-20(18)23/h1-4,6-8,10-14,22,25-26,28-30H,5,9,15-17H2/t22?,25?,26?,28-,29?,30?/m1/s1. The largest absolute Gasteiger partial charge is 0.454 e. The van der Waals surface area contributed by atoms with Crippen molar-refractivity contribution in [1.29, 1.82) is 0 Å². The summed E-state index contributed by atoms with van der Waals surface area (Å²) >= 11 is 0. The number of benzene rings is 3. The van der Waals surface area contributed by atoms with Crippen molar-refractivity contribution < 1.29 is 23.9 Å². The van der Waals surface area contributed by atoms with Crippen LogP contribution in [0.15, 0.2) is 72.8 Å². The SMILES string of the molecule is O=C(OC1C2CC(C1OC(=O)c1cccc3ccccc13)[C@@H]1C(=O)CCC21)C1=CCCc2ccccc21. The van der Waals surface area contributed by atoms with E-state index in [1.54, 1.807) is 6.07 Å². The number of Topliss-reactive ketones (excluding diaryl/α,β-unsaturated/α-hetero) is 1. The van der Waals surface area contributed by atoms with Crippen molar-refractivity contribution in [2.75, 3.05) is 0 Å². The minimum Gasteiger partial charge on any atom is -0.454 e. The van der Waals surface area contributed by atoms with Crippen LogP contribution in [-0.2, 0) is 25.5 Å². The number of hydrogen-bond acceptors (Lipinski definition) is 5. The molecular formula is C32H28O5. The molecule has 0 N–H and O–H groups in total. The van der Waals surface area contributed by atoms with Crippen LogP contribution in [0.2, 0.25) is 0 Å². The van der Waals surface area contributed by atoms with Gasteiger partial charge in [-0.05, 0) is 59.6 Å². The molecule has 6 atom stereocenters. The molecule has 0 spiro atoms. The predicted molar refractivity (Wildman–Crippen MR) is 139 cm³/mol. The van der Waals surface area contributed by atoms with Gasteiger partial charge in [-0.3, -0.25) is 4.79 Å². The van der Waals surface area contributed by atoms with Crippen LogP contribution in [0.4, 0.5) is 0 Å². The van der Waals surface area contributed by atoms with Crippen LogP contribution in [0.1, 0.15) is 47.2 Å². The lowest BCUT2D eigenvalue weighted by atomic mass is 9.78. The molecule has 0 saturated heterocycles. The molecule has 3 aromatic rings. The molecule has 2 bridgehead atoms. The molecule has 37 heavy (non-hydrogen) atoms. The highest BCUT2D eigenvalue weighted by molar-refractivity contribution is 6.17. The molecule has 3 saturated carbocycles. The van der Waals surface area contributed by atoms with Gasteiger partial charge in [0.05, 0.1) is 11.1 Å². The highest BCUT2D eigenvalue weighted by Crippen LogP contribution is 2.59. The minimum absolute atomic E-state index is 0.0372. The van der Waals surface area contributed by atoms with Crippen LogP contribution < -0.4 is 0 Å². The first kappa shape index (κ1) is 22.5. The summed E-state index contributed by atoms with van der Waals surface area (Å²) < 4.78 is 12.4. The zero-order chi connectivity index (χ0) is 25.1. The monoisotopic (exact) mass is 492 g/mol. The Labute approximate surface area is 215 Å². The number of aryl methyl sites for hydroxylation is 1. The number of carbonyl (C=O) groups is 3. The molecule has 186 valence electrons. The van der Waals surface area contributed by atoms with Gasteiger partial charge in [-0.25, -0.2) is 9.59 Å². The van der Waals surface area contributed by atoms with E-state index in [-0.39, 0.29) is 35.4 Å². The Bertz CT molecular complexity index is 1460. The Morgan fingerprint density at radius 3 is 2.43 bits per heavy atom. The van der Waals surface area contributed by atoms with Crippen molar-refractivity contribution in [1.82, 2.24) is 0 Å². The fourth-order valence-electron chi connectivity index (χ4n) is 7.53. The van der Waals surface area contributed by atoms with E-state index >= 15 is 0 Å². The lowest BCUT2D eigenvalue weighted by Gasteiger charge is -2.36. The van der Waals surface area contributed by atoms with Gasteiger partial charge in [-0.15, -0.1) is 0 Å². The number of allylic oxidation sites excluding steroid dienone is 1. The smallest absolute Gasteiger partial charge is 0.339 e. The molecule has 0 amide bonds. The van der Waals surface area contributed by atoms with Crippen LogP contribution in [0.25, 0.3) is 16.3 Å². The first-order chi connectivity index (χ1) is 18.1. The summed E-state index contributed by atoms with van der Waals surface area (Å²) in [5.41, 5.74) is 3.14. The normalized spacial score (nSPS) is 29.5. The molecule has 4 aliphatic carbocycles. The molecule has 0 radical (unpaired) electrons. The van der Waals surface area contributed by atoms with Crippen LogP contribution in [0, 0.1) is 23.7 Å². The maximum absolute atomic E-state index is 13.5. The van der Waals surface area contributed by atoms with Gasteiger partial charge in [0, 0.05) is 24.2 Å². The van der Waals surface area contributed by atoms with E-state index in [2.05, 4.69) is 6.07 Å². The summed E-state index contributed by atoms with van der Waals surface area (Å²) in [5.74, 6) is -0.492. The quantitative estimate of drug-likeness (QED) is 0.447. The third-order valence-electron chi connectivity index (χ3n) is 9.07. The summed E-state index contributed by atoms with van der Waals surface area (Å²) in [5, 5.41) is 1.78. The Morgan fingerprint density at radius 1 is 0.757 bits per heavy atom. The van der Waals surface area contributed by atoms with E-state index in [9.17, 15) is 14.4 Å². The Hall–Kier alpha value is -3.73. The zero-order valence-electron chi connectivity index (χ0n) is 20.5. The van der Waals surface area contributed by atoms with Gasteiger partial charge in [0.15, 0.2) is 0 Å². The Balaban J connectivity index is 1.20. The summed E-state index contributed by atoms with van der Waals surface area (Å²) in [4.78, 5) is 39.8. The molecule has 5 heteroatoms. The first-order valence-electron chi connectivity index (χ1n) is 13.3. The first-order valence-corrected chi connectivity index (χ1v) is 13.3. The Morgan fingerprint density at radius 2 is 1.51 bits per heavy atom. The van der Waals surface area contributed by atoms with Crippen molar-refractivity contribution in [3.63, 3.8) is 0 Å². The van der Waals surface area contributed by atoms with Crippen molar-refractivity contribution in [2.24, 2.45) is 23.7 Å². The van der Waals surface area contributed by atoms with Crippen molar-refractivity contribution in [2.45, 2.75) is 44.3 Å². The van der Waals surface area contributed by atoms with Crippen LogP contribution in [0.5, 0.6) is 0 Å². The maximum atomic E-state index is 13.5. The molecule has 3 fully saturated rings. The van der Waals surface area contributed by atoms with Crippen molar-refractivity contribution in [3.05, 3.63) is 89.5 Å². The molecule has 0 aliphatic heterocycles.